The van der Waals surface area contributed by atoms with Crippen molar-refractivity contribution in [1.29, 1.82) is 0 Å². The first-order valence-corrected chi connectivity index (χ1v) is 20.8. The molecule has 1 saturated heterocycles. The van der Waals surface area contributed by atoms with E-state index < -0.39 is 95.7 Å². The number of nitrogens with one attached hydrogen (secondary N) is 5. The molecule has 0 aliphatic carbocycles. The minimum atomic E-state index is -1.52. The summed E-state index contributed by atoms with van der Waals surface area (Å²) in [6.07, 6.45) is 0.276. The smallest absolute Gasteiger partial charge is 0.326 e. The van der Waals surface area contributed by atoms with E-state index in [9.17, 15) is 43.8 Å². The van der Waals surface area contributed by atoms with Crippen LogP contribution in [0.3, 0.4) is 0 Å². The van der Waals surface area contributed by atoms with Gasteiger partial charge in [0.15, 0.2) is 5.96 Å². The van der Waals surface area contributed by atoms with E-state index in [0.29, 0.717) is 12.8 Å². The number of hydrogen-bond donors (Lipinski definition) is 10. The van der Waals surface area contributed by atoms with Gasteiger partial charge in [0, 0.05) is 19.5 Å². The third kappa shape index (κ3) is 16.0. The fourth-order valence-electron chi connectivity index (χ4n) is 6.75. The van der Waals surface area contributed by atoms with Crippen LogP contribution in [0.5, 0.6) is 0 Å². The maximum absolute atomic E-state index is 14.1. The van der Waals surface area contributed by atoms with Crippen LogP contribution in [0.15, 0.2) is 35.3 Å². The van der Waals surface area contributed by atoms with Crippen molar-refractivity contribution >= 4 is 47.4 Å². The number of aliphatic imine (C=N–C) groups is 1. The van der Waals surface area contributed by atoms with Crippen molar-refractivity contribution in [2.45, 2.75) is 142 Å². The summed E-state index contributed by atoms with van der Waals surface area (Å²) in [7, 11) is 0. The van der Waals surface area contributed by atoms with Gasteiger partial charge in [-0.25, -0.2) is 4.79 Å². The molecular weight excluding hydrogens is 777 g/mol. The molecule has 0 unspecified atom stereocenters. The Hall–Kier alpha value is -5.30. The SMILES string of the molecule is CC[C@H](C)[C@H](N)C(=O)N[C@@H](Cc1ccccc1)C(=O)N[C@H](C(=O)N1CCC[C@H]1C(=O)N[C@@H](CCCN=C(N)N)C(=O)N[C@@H](CC(C)C)C(=O)N[C@H](C(=O)O)C(C)C)[C@@H](C)O. The lowest BCUT2D eigenvalue weighted by Gasteiger charge is -2.32. The molecule has 1 aromatic rings. The summed E-state index contributed by atoms with van der Waals surface area (Å²) in [5.74, 6) is -6.29. The predicted molar refractivity (Wildman–Crippen MR) is 225 cm³/mol. The van der Waals surface area contributed by atoms with Gasteiger partial charge in [0.25, 0.3) is 0 Å². The molecular formula is C41H68N10O9. The van der Waals surface area contributed by atoms with Crippen LogP contribution in [-0.4, -0.2) is 124 Å². The minimum absolute atomic E-state index is 0.0242. The maximum Gasteiger partial charge on any atom is 0.326 e. The van der Waals surface area contributed by atoms with Crippen molar-refractivity contribution in [2.75, 3.05) is 13.1 Å². The maximum atomic E-state index is 14.1. The first-order valence-electron chi connectivity index (χ1n) is 20.8. The lowest BCUT2D eigenvalue weighted by molar-refractivity contribution is -0.144. The van der Waals surface area contributed by atoms with Crippen molar-refractivity contribution in [2.24, 2.45) is 39.9 Å². The van der Waals surface area contributed by atoms with Crippen molar-refractivity contribution in [3.63, 3.8) is 0 Å². The van der Waals surface area contributed by atoms with Gasteiger partial charge in [-0.2, -0.15) is 0 Å². The highest BCUT2D eigenvalue weighted by Gasteiger charge is 2.41. The first-order chi connectivity index (χ1) is 28.2. The van der Waals surface area contributed by atoms with E-state index in [1.807, 2.05) is 27.7 Å². The van der Waals surface area contributed by atoms with Gasteiger partial charge in [-0.05, 0) is 62.3 Å². The van der Waals surface area contributed by atoms with Crippen molar-refractivity contribution in [3.8, 4) is 0 Å². The van der Waals surface area contributed by atoms with Crippen LogP contribution in [0.4, 0.5) is 0 Å². The molecule has 9 atom stereocenters. The largest absolute Gasteiger partial charge is 0.480 e. The normalized spacial score (nSPS) is 17.9. The van der Waals surface area contributed by atoms with Crippen molar-refractivity contribution in [3.05, 3.63) is 35.9 Å². The van der Waals surface area contributed by atoms with Gasteiger partial charge >= 0.3 is 5.97 Å². The number of aliphatic hydroxyl groups excluding tert-OH is 1. The summed E-state index contributed by atoms with van der Waals surface area (Å²) >= 11 is 0. The molecule has 6 amide bonds. The fraction of sp³-hybridized carbons (Fsp3) is 0.659. The average molecular weight is 845 g/mol. The van der Waals surface area contributed by atoms with Crippen LogP contribution < -0.4 is 43.8 Å². The van der Waals surface area contributed by atoms with Crippen molar-refractivity contribution in [1.82, 2.24) is 31.5 Å². The number of carbonyl (C=O) groups excluding carboxylic acids is 6. The number of carbonyl (C=O) groups is 7. The van der Waals surface area contributed by atoms with Gasteiger partial charge in [-0.15, -0.1) is 0 Å². The summed E-state index contributed by atoms with van der Waals surface area (Å²) in [6.45, 7) is 12.2. The van der Waals surface area contributed by atoms with Crippen LogP contribution in [0.1, 0.15) is 92.6 Å². The fourth-order valence-corrected chi connectivity index (χ4v) is 6.75. The van der Waals surface area contributed by atoms with Gasteiger partial charge in [-0.3, -0.25) is 33.8 Å². The second-order valence-electron chi connectivity index (χ2n) is 16.3. The second kappa shape index (κ2) is 24.7. The number of carboxylic acids is 1. The van der Waals surface area contributed by atoms with Crippen LogP contribution >= 0.6 is 0 Å². The minimum Gasteiger partial charge on any atom is -0.480 e. The van der Waals surface area contributed by atoms with Gasteiger partial charge in [0.2, 0.25) is 35.4 Å². The highest BCUT2D eigenvalue weighted by molar-refractivity contribution is 5.97. The molecule has 19 nitrogen and oxygen atoms in total. The Morgan fingerprint density at radius 2 is 1.40 bits per heavy atom. The molecule has 13 N–H and O–H groups in total. The van der Waals surface area contributed by atoms with E-state index >= 15 is 0 Å². The molecule has 1 aliphatic rings. The number of rotatable bonds is 24. The molecule has 0 saturated carbocycles. The highest BCUT2D eigenvalue weighted by atomic mass is 16.4. The predicted octanol–water partition coefficient (Wildman–Crippen LogP) is -0.761. The number of amides is 6. The number of likely N-dealkylation sites (tertiary alicyclic amines) is 1. The third-order valence-corrected chi connectivity index (χ3v) is 10.5. The Balaban J connectivity index is 2.35. The molecule has 0 bridgehead atoms. The Morgan fingerprint density at radius 1 is 0.817 bits per heavy atom. The summed E-state index contributed by atoms with van der Waals surface area (Å²) in [4.78, 5) is 99.3. The Labute approximate surface area is 352 Å². The van der Waals surface area contributed by atoms with E-state index in [1.54, 1.807) is 44.2 Å². The quantitative estimate of drug-likeness (QED) is 0.0349. The summed E-state index contributed by atoms with van der Waals surface area (Å²) in [6, 6.07) is 0.654. The van der Waals surface area contributed by atoms with E-state index in [2.05, 4.69) is 31.6 Å². The molecule has 1 fully saturated rings. The van der Waals surface area contributed by atoms with Crippen LogP contribution in [0.25, 0.3) is 0 Å². The number of benzene rings is 1. The lowest BCUT2D eigenvalue weighted by atomic mass is 9.98. The zero-order valence-corrected chi connectivity index (χ0v) is 36.0. The van der Waals surface area contributed by atoms with Crippen LogP contribution in [-0.2, 0) is 40.0 Å². The topological polar surface area (TPSA) is 314 Å². The number of aliphatic carboxylic acids is 1. The molecule has 336 valence electrons. The van der Waals surface area contributed by atoms with Gasteiger partial charge in [0.05, 0.1) is 12.1 Å². The third-order valence-electron chi connectivity index (χ3n) is 10.5. The number of guanidine groups is 1. The number of aliphatic hydroxyl groups is 1. The summed E-state index contributed by atoms with van der Waals surface area (Å²) < 4.78 is 0. The number of nitrogens with zero attached hydrogens (tertiary/aromatic N) is 2. The average Bonchev–Trinajstić information content (AvgIpc) is 3.68. The van der Waals surface area contributed by atoms with Crippen LogP contribution in [0.2, 0.25) is 0 Å². The van der Waals surface area contributed by atoms with E-state index in [-0.39, 0.29) is 63.0 Å². The zero-order valence-electron chi connectivity index (χ0n) is 36.0. The van der Waals surface area contributed by atoms with Crippen molar-refractivity contribution < 1.29 is 43.8 Å². The monoisotopic (exact) mass is 845 g/mol. The molecule has 0 spiro atoms. The van der Waals surface area contributed by atoms with Gasteiger partial charge in [-0.1, -0.05) is 78.3 Å². The van der Waals surface area contributed by atoms with E-state index in [0.717, 1.165) is 5.56 Å². The zero-order chi connectivity index (χ0) is 45.3. The van der Waals surface area contributed by atoms with E-state index in [4.69, 9.17) is 17.2 Å². The molecule has 19 heteroatoms. The lowest BCUT2D eigenvalue weighted by Crippen LogP contribution is -2.61. The second-order valence-corrected chi connectivity index (χ2v) is 16.3. The number of nitrogens with two attached hydrogens (primary N) is 3. The standard InChI is InChI=1S/C41H68N10O9/c1-8-24(6)31(42)38(57)48-29(21-26-14-10-9-11-15-26)36(55)50-33(25(7)52)39(58)51-19-13-17-30(51)37(56)46-27(16-12-18-45-41(43)44)34(53)47-28(20-22(2)3)35(54)49-32(23(4)5)40(59)60/h9-11,14-15,22-25,27-33,52H,8,12-13,16-21,42H2,1-7H3,(H,46,56)(H,47,53)(H,48,57)(H,49,54)(H,50,55)(H,59,60)(H4,43,44,45)/t24-,25+,27-,28-,29-,30-,31-,32-,33-/m0/s1. The molecule has 0 radical (unpaired) electrons. The molecule has 60 heavy (non-hydrogen) atoms. The Morgan fingerprint density at radius 3 is 1.95 bits per heavy atom. The van der Waals surface area contributed by atoms with Gasteiger partial charge in [0.1, 0.15) is 36.3 Å². The van der Waals surface area contributed by atoms with E-state index in [1.165, 1.54) is 11.8 Å². The summed E-state index contributed by atoms with van der Waals surface area (Å²) in [5.41, 5.74) is 17.8. The number of carboxylic acid groups (broad SMARTS) is 1. The Bertz CT molecular complexity index is 1640. The molecule has 1 heterocycles. The first kappa shape index (κ1) is 50.8. The van der Waals surface area contributed by atoms with Gasteiger partial charge < -0.3 is 58.9 Å². The molecule has 0 aromatic heterocycles. The number of hydrogen-bond acceptors (Lipinski definition) is 10. The molecule has 2 rings (SSSR count). The highest BCUT2D eigenvalue weighted by Crippen LogP contribution is 2.21. The van der Waals surface area contributed by atoms with Crippen LogP contribution in [0, 0.1) is 17.8 Å². The molecule has 1 aromatic carbocycles. The Kier molecular flexibility index (Phi) is 20.9. The summed E-state index contributed by atoms with van der Waals surface area (Å²) in [5, 5.41) is 33.7. The molecule has 1 aliphatic heterocycles.